The monoisotopic (exact) mass is 879 g/mol. The van der Waals surface area contributed by atoms with Crippen LogP contribution in [-0.4, -0.2) is 37.2 Å². The van der Waals surface area contributed by atoms with Gasteiger partial charge < -0.3 is 14.2 Å². The van der Waals surface area contributed by atoms with Gasteiger partial charge in [-0.15, -0.1) is 0 Å². The van der Waals surface area contributed by atoms with Gasteiger partial charge in [-0.1, -0.05) is 241 Å². The number of ether oxygens (including phenoxy) is 3. The van der Waals surface area contributed by atoms with Crippen LogP contribution in [0.3, 0.4) is 0 Å². The fraction of sp³-hybridized carbons (Fsp3) is 0.737. The van der Waals surface area contributed by atoms with Crippen LogP contribution in [0.1, 0.15) is 252 Å². The minimum atomic E-state index is -0.795. The predicted octanol–water partition coefficient (Wildman–Crippen LogP) is 17.4. The molecule has 0 N–H and O–H groups in total. The molecule has 0 fully saturated rings. The Morgan fingerprint density at radius 3 is 1.00 bits per heavy atom. The maximum Gasteiger partial charge on any atom is 0.306 e. The fourth-order valence-electron chi connectivity index (χ4n) is 7.33. The molecule has 0 amide bonds. The first-order chi connectivity index (χ1) is 31.0. The summed E-state index contributed by atoms with van der Waals surface area (Å²) in [6, 6.07) is 0. The van der Waals surface area contributed by atoms with Crippen molar-refractivity contribution in [3.05, 3.63) is 72.9 Å². The largest absolute Gasteiger partial charge is 0.462 e. The van der Waals surface area contributed by atoms with E-state index in [0.29, 0.717) is 19.3 Å². The van der Waals surface area contributed by atoms with Crippen LogP contribution in [0.4, 0.5) is 0 Å². The molecule has 0 radical (unpaired) electrons. The van der Waals surface area contributed by atoms with Crippen LogP contribution in [0.15, 0.2) is 72.9 Å². The Kier molecular flexibility index (Phi) is 48.9. The molecule has 0 aliphatic rings. The number of esters is 3. The predicted molar refractivity (Wildman–Crippen MR) is 270 cm³/mol. The van der Waals surface area contributed by atoms with E-state index in [1.54, 1.807) is 0 Å². The molecule has 0 spiro atoms. The quantitative estimate of drug-likeness (QED) is 0.0262. The Bertz CT molecular complexity index is 1190. The molecule has 6 nitrogen and oxygen atoms in total. The normalized spacial score (nSPS) is 12.6. The molecular weight excluding hydrogens is 781 g/mol. The molecule has 0 aliphatic carbocycles. The summed E-state index contributed by atoms with van der Waals surface area (Å²) in [4.78, 5) is 38.0. The van der Waals surface area contributed by atoms with Crippen molar-refractivity contribution in [3.63, 3.8) is 0 Å². The SMILES string of the molecule is CC/C=C/C=C/C=C/C=C/CCCCCC(=O)OCC(COC(=O)CCCCCCC/C=C/C=C/CCCCCCCCC)OC(=O)CCCCCCCCCCCCCCCC. The third-order valence-electron chi connectivity index (χ3n) is 11.3. The number of hydrogen-bond acceptors (Lipinski definition) is 6. The van der Waals surface area contributed by atoms with Crippen molar-refractivity contribution in [2.75, 3.05) is 13.2 Å². The molecule has 0 aliphatic heterocycles. The molecule has 1 atom stereocenters. The molecule has 0 saturated carbocycles. The van der Waals surface area contributed by atoms with Crippen LogP contribution < -0.4 is 0 Å². The number of unbranched alkanes of at least 4 members (excludes halogenated alkanes) is 28. The van der Waals surface area contributed by atoms with Crippen LogP contribution >= 0.6 is 0 Å². The molecule has 0 aromatic heterocycles. The molecule has 362 valence electrons. The van der Waals surface area contributed by atoms with E-state index in [9.17, 15) is 14.4 Å². The second kappa shape index (κ2) is 51.5. The summed E-state index contributed by atoms with van der Waals surface area (Å²) in [5.74, 6) is -0.944. The second-order valence-corrected chi connectivity index (χ2v) is 17.5. The van der Waals surface area contributed by atoms with Gasteiger partial charge in [0.15, 0.2) is 6.10 Å². The van der Waals surface area contributed by atoms with E-state index in [1.807, 2.05) is 36.5 Å². The van der Waals surface area contributed by atoms with E-state index in [4.69, 9.17) is 14.2 Å². The summed E-state index contributed by atoms with van der Waals surface area (Å²) in [6.07, 6.45) is 64.6. The van der Waals surface area contributed by atoms with E-state index in [2.05, 4.69) is 57.2 Å². The first-order valence-corrected chi connectivity index (χ1v) is 26.5. The van der Waals surface area contributed by atoms with Crippen LogP contribution in [0.5, 0.6) is 0 Å². The van der Waals surface area contributed by atoms with Gasteiger partial charge in [0.05, 0.1) is 0 Å². The topological polar surface area (TPSA) is 78.9 Å². The van der Waals surface area contributed by atoms with E-state index in [0.717, 1.165) is 89.9 Å². The molecule has 0 aromatic carbocycles. The Hall–Kier alpha value is -3.15. The highest BCUT2D eigenvalue weighted by molar-refractivity contribution is 5.71. The molecule has 1 unspecified atom stereocenters. The number of carbonyl (C=O) groups excluding carboxylic acids is 3. The van der Waals surface area contributed by atoms with Crippen LogP contribution in [0.25, 0.3) is 0 Å². The standard InChI is InChI=1S/C57H98O6/c1-4-7-10-13-16-19-22-25-27-28-29-30-33-35-38-41-44-47-50-56(59)62-53-54(52-61-55(58)49-46-43-40-37-34-31-24-21-18-15-12-9-6-3)63-57(60)51-48-45-42-39-36-32-26-23-20-17-14-11-8-5-2/h9,12,15,18,21,24,27-31,34,54H,4-8,10-11,13-14,16-17,19-20,22-23,25-26,32-33,35-53H2,1-3H3/b12-9+,18-15+,24-21+,28-27+,30-29+,34-31+. The third-order valence-corrected chi connectivity index (χ3v) is 11.3. The first-order valence-electron chi connectivity index (χ1n) is 26.5. The van der Waals surface area contributed by atoms with E-state index in [-0.39, 0.29) is 31.1 Å². The average Bonchev–Trinajstić information content (AvgIpc) is 3.28. The van der Waals surface area contributed by atoms with Crippen LogP contribution in [0, 0.1) is 0 Å². The third kappa shape index (κ3) is 49.7. The highest BCUT2D eigenvalue weighted by atomic mass is 16.6. The van der Waals surface area contributed by atoms with Crippen LogP contribution in [0.2, 0.25) is 0 Å². The molecular formula is C57H98O6. The summed E-state index contributed by atoms with van der Waals surface area (Å²) in [6.45, 7) is 6.45. The lowest BCUT2D eigenvalue weighted by Gasteiger charge is -2.18. The van der Waals surface area contributed by atoms with Gasteiger partial charge in [-0.3, -0.25) is 14.4 Å². The van der Waals surface area contributed by atoms with Crippen molar-refractivity contribution in [1.29, 1.82) is 0 Å². The maximum absolute atomic E-state index is 12.8. The highest BCUT2D eigenvalue weighted by Crippen LogP contribution is 2.15. The van der Waals surface area contributed by atoms with Crippen molar-refractivity contribution in [1.82, 2.24) is 0 Å². The zero-order chi connectivity index (χ0) is 45.8. The summed E-state index contributed by atoms with van der Waals surface area (Å²) in [5, 5.41) is 0. The van der Waals surface area contributed by atoms with Gasteiger partial charge in [0.1, 0.15) is 13.2 Å². The smallest absolute Gasteiger partial charge is 0.306 e. The first kappa shape index (κ1) is 59.9. The van der Waals surface area contributed by atoms with Crippen molar-refractivity contribution < 1.29 is 28.6 Å². The Labute approximate surface area is 389 Å². The van der Waals surface area contributed by atoms with Gasteiger partial charge in [-0.2, -0.15) is 0 Å². The fourth-order valence-corrected chi connectivity index (χ4v) is 7.33. The molecule has 0 saturated heterocycles. The van der Waals surface area contributed by atoms with Gasteiger partial charge in [0.2, 0.25) is 0 Å². The van der Waals surface area contributed by atoms with Gasteiger partial charge in [-0.25, -0.2) is 0 Å². The molecule has 63 heavy (non-hydrogen) atoms. The van der Waals surface area contributed by atoms with Crippen molar-refractivity contribution >= 4 is 17.9 Å². The summed E-state index contributed by atoms with van der Waals surface area (Å²) in [7, 11) is 0. The summed E-state index contributed by atoms with van der Waals surface area (Å²) >= 11 is 0. The minimum Gasteiger partial charge on any atom is -0.462 e. The number of allylic oxidation sites excluding steroid dienone is 12. The zero-order valence-electron chi connectivity index (χ0n) is 41.3. The second-order valence-electron chi connectivity index (χ2n) is 17.5. The maximum atomic E-state index is 12.8. The van der Waals surface area contributed by atoms with Gasteiger partial charge >= 0.3 is 17.9 Å². The molecule has 0 rings (SSSR count). The van der Waals surface area contributed by atoms with E-state index in [1.165, 1.54) is 122 Å². The number of carbonyl (C=O) groups is 3. The zero-order valence-corrected chi connectivity index (χ0v) is 41.3. The van der Waals surface area contributed by atoms with Crippen LogP contribution in [-0.2, 0) is 28.6 Å². The Morgan fingerprint density at radius 2 is 0.619 bits per heavy atom. The van der Waals surface area contributed by atoms with Gasteiger partial charge in [-0.05, 0) is 64.2 Å². The number of hydrogen-bond donors (Lipinski definition) is 0. The van der Waals surface area contributed by atoms with E-state index >= 15 is 0 Å². The average molecular weight is 879 g/mol. The molecule has 0 aromatic rings. The van der Waals surface area contributed by atoms with Crippen molar-refractivity contribution in [3.8, 4) is 0 Å². The highest BCUT2D eigenvalue weighted by Gasteiger charge is 2.19. The Morgan fingerprint density at radius 1 is 0.333 bits per heavy atom. The lowest BCUT2D eigenvalue weighted by molar-refractivity contribution is -0.167. The van der Waals surface area contributed by atoms with Gasteiger partial charge in [0, 0.05) is 19.3 Å². The van der Waals surface area contributed by atoms with Crippen molar-refractivity contribution in [2.45, 2.75) is 258 Å². The minimum absolute atomic E-state index is 0.0948. The van der Waals surface area contributed by atoms with Crippen molar-refractivity contribution in [2.24, 2.45) is 0 Å². The molecule has 6 heteroatoms. The summed E-state index contributed by atoms with van der Waals surface area (Å²) < 4.78 is 16.8. The molecule has 0 bridgehead atoms. The van der Waals surface area contributed by atoms with E-state index < -0.39 is 6.10 Å². The Balaban J connectivity index is 4.43. The number of rotatable bonds is 47. The lowest BCUT2D eigenvalue weighted by Crippen LogP contribution is -2.30. The summed E-state index contributed by atoms with van der Waals surface area (Å²) in [5.41, 5.74) is 0. The molecule has 0 heterocycles. The van der Waals surface area contributed by atoms with Gasteiger partial charge in [0.25, 0.3) is 0 Å². The lowest BCUT2D eigenvalue weighted by atomic mass is 10.0.